The van der Waals surface area contributed by atoms with Crippen molar-refractivity contribution < 1.29 is 17.5 Å². The Morgan fingerprint density at radius 1 is 1.25 bits per heavy atom. The second-order valence-corrected chi connectivity index (χ2v) is 7.07. The molecule has 24 heavy (non-hydrogen) atoms. The molecule has 0 unspecified atom stereocenters. The number of ether oxygens (including phenoxy) is 1. The highest BCUT2D eigenvalue weighted by Crippen LogP contribution is 2.23. The van der Waals surface area contributed by atoms with Crippen LogP contribution in [0.25, 0.3) is 16.7 Å². The summed E-state index contributed by atoms with van der Waals surface area (Å²) in [5, 5.41) is 7.99. The molecule has 9 heteroatoms. The van der Waals surface area contributed by atoms with E-state index in [-0.39, 0.29) is 12.2 Å². The predicted molar refractivity (Wildman–Crippen MR) is 87.1 cm³/mol. The van der Waals surface area contributed by atoms with Crippen molar-refractivity contribution >= 4 is 21.1 Å². The third-order valence-electron chi connectivity index (χ3n) is 3.43. The molecule has 7 nitrogen and oxygen atoms in total. The molecule has 0 amide bonds. The maximum atomic E-state index is 14.4. The molecule has 1 N–H and O–H groups in total. The average molecular weight is 350 g/mol. The van der Waals surface area contributed by atoms with Crippen molar-refractivity contribution in [2.75, 3.05) is 13.4 Å². The molecule has 0 saturated heterocycles. The molecular formula is C15H15FN4O3S. The lowest BCUT2D eigenvalue weighted by Gasteiger charge is -2.07. The van der Waals surface area contributed by atoms with E-state index in [1.54, 1.807) is 31.4 Å². The number of hydrogen-bond acceptors (Lipinski definition) is 5. The van der Waals surface area contributed by atoms with Gasteiger partial charge in [0.2, 0.25) is 10.0 Å². The molecule has 3 rings (SSSR count). The standard InChI is InChI=1S/C15H15FN4O3S/c1-23-11-4-6-15-13(8-11)18-19-20(15)14-5-3-10(7-12(14)16)9-17-24(2,21)22/h3-8,17H,9H2,1-2H3. The normalized spacial score (nSPS) is 11.8. The van der Waals surface area contributed by atoms with Crippen LogP contribution in [0.1, 0.15) is 5.56 Å². The smallest absolute Gasteiger partial charge is 0.209 e. The number of rotatable bonds is 5. The van der Waals surface area contributed by atoms with Crippen molar-refractivity contribution in [3.63, 3.8) is 0 Å². The van der Waals surface area contributed by atoms with Crippen LogP contribution in [0.2, 0.25) is 0 Å². The molecule has 1 aromatic heterocycles. The quantitative estimate of drug-likeness (QED) is 0.756. The third-order valence-corrected chi connectivity index (χ3v) is 4.10. The first kappa shape index (κ1) is 16.3. The van der Waals surface area contributed by atoms with E-state index in [0.29, 0.717) is 22.3 Å². The fourth-order valence-electron chi connectivity index (χ4n) is 2.26. The molecule has 0 bridgehead atoms. The summed E-state index contributed by atoms with van der Waals surface area (Å²) in [5.74, 6) is 0.114. The van der Waals surface area contributed by atoms with E-state index >= 15 is 0 Å². The van der Waals surface area contributed by atoms with Crippen LogP contribution in [-0.2, 0) is 16.6 Å². The van der Waals surface area contributed by atoms with Gasteiger partial charge in [-0.25, -0.2) is 22.2 Å². The molecule has 0 aliphatic heterocycles. The monoisotopic (exact) mass is 350 g/mol. The Morgan fingerprint density at radius 3 is 2.71 bits per heavy atom. The molecule has 1 heterocycles. The van der Waals surface area contributed by atoms with E-state index < -0.39 is 15.8 Å². The number of fused-ring (bicyclic) bond motifs is 1. The van der Waals surface area contributed by atoms with Gasteiger partial charge in [-0.2, -0.15) is 0 Å². The molecule has 0 saturated carbocycles. The summed E-state index contributed by atoms with van der Waals surface area (Å²) in [6, 6.07) is 9.63. The van der Waals surface area contributed by atoms with Crippen molar-refractivity contribution in [2.45, 2.75) is 6.54 Å². The topological polar surface area (TPSA) is 86.1 Å². The minimum absolute atomic E-state index is 0.0192. The Balaban J connectivity index is 1.95. The molecule has 0 spiro atoms. The SMILES string of the molecule is COc1ccc2c(c1)nnn2-c1ccc(CNS(C)(=O)=O)cc1F. The minimum atomic E-state index is -3.34. The van der Waals surface area contributed by atoms with Crippen molar-refractivity contribution in [1.29, 1.82) is 0 Å². The number of aromatic nitrogens is 3. The zero-order valence-electron chi connectivity index (χ0n) is 13.0. The van der Waals surface area contributed by atoms with Gasteiger partial charge in [0.05, 0.1) is 18.9 Å². The van der Waals surface area contributed by atoms with Gasteiger partial charge in [-0.15, -0.1) is 5.10 Å². The van der Waals surface area contributed by atoms with Crippen LogP contribution in [0.5, 0.6) is 5.75 Å². The summed E-state index contributed by atoms with van der Waals surface area (Å²) < 4.78 is 45.5. The van der Waals surface area contributed by atoms with Crippen LogP contribution in [0.15, 0.2) is 36.4 Å². The highest BCUT2D eigenvalue weighted by atomic mass is 32.2. The van der Waals surface area contributed by atoms with Gasteiger partial charge in [-0.3, -0.25) is 0 Å². The van der Waals surface area contributed by atoms with Gasteiger partial charge in [0.15, 0.2) is 0 Å². The van der Waals surface area contributed by atoms with Crippen LogP contribution in [0.4, 0.5) is 4.39 Å². The van der Waals surface area contributed by atoms with E-state index in [2.05, 4.69) is 15.0 Å². The highest BCUT2D eigenvalue weighted by molar-refractivity contribution is 7.88. The molecule has 0 atom stereocenters. The van der Waals surface area contributed by atoms with E-state index in [0.717, 1.165) is 6.26 Å². The average Bonchev–Trinajstić information content (AvgIpc) is 2.95. The Kier molecular flexibility index (Phi) is 4.20. The lowest BCUT2D eigenvalue weighted by atomic mass is 10.2. The van der Waals surface area contributed by atoms with E-state index in [4.69, 9.17) is 4.74 Å². The summed E-state index contributed by atoms with van der Waals surface area (Å²) in [4.78, 5) is 0. The van der Waals surface area contributed by atoms with E-state index in [1.807, 2.05) is 0 Å². The number of sulfonamides is 1. The molecular weight excluding hydrogens is 335 g/mol. The molecule has 126 valence electrons. The van der Waals surface area contributed by atoms with Gasteiger partial charge in [0.1, 0.15) is 22.8 Å². The van der Waals surface area contributed by atoms with Crippen molar-refractivity contribution in [3.8, 4) is 11.4 Å². The Labute approximate surface area is 138 Å². The summed E-state index contributed by atoms with van der Waals surface area (Å²) in [7, 11) is -1.79. The number of nitrogens with one attached hydrogen (secondary N) is 1. The van der Waals surface area contributed by atoms with Gasteiger partial charge >= 0.3 is 0 Å². The van der Waals surface area contributed by atoms with Gasteiger partial charge in [0.25, 0.3) is 0 Å². The van der Waals surface area contributed by atoms with Gasteiger partial charge in [-0.1, -0.05) is 11.3 Å². The Morgan fingerprint density at radius 2 is 2.04 bits per heavy atom. The van der Waals surface area contributed by atoms with Crippen LogP contribution in [0.3, 0.4) is 0 Å². The number of hydrogen-bond donors (Lipinski definition) is 1. The highest BCUT2D eigenvalue weighted by Gasteiger charge is 2.12. The Bertz CT molecular complexity index is 1000. The third kappa shape index (κ3) is 3.36. The molecule has 0 fully saturated rings. The van der Waals surface area contributed by atoms with Crippen LogP contribution in [0, 0.1) is 5.82 Å². The van der Waals surface area contributed by atoms with E-state index in [9.17, 15) is 12.8 Å². The second kappa shape index (κ2) is 6.17. The van der Waals surface area contributed by atoms with Gasteiger partial charge in [0, 0.05) is 12.6 Å². The van der Waals surface area contributed by atoms with Crippen LogP contribution in [-0.4, -0.2) is 36.8 Å². The second-order valence-electron chi connectivity index (χ2n) is 5.23. The van der Waals surface area contributed by atoms with Crippen molar-refractivity contribution in [3.05, 3.63) is 47.8 Å². The fraction of sp³-hybridized carbons (Fsp3) is 0.200. The van der Waals surface area contributed by atoms with Gasteiger partial charge in [-0.05, 0) is 29.8 Å². The summed E-state index contributed by atoms with van der Waals surface area (Å²) in [6.45, 7) is 0.0192. The number of halogens is 1. The molecule has 0 aliphatic carbocycles. The summed E-state index contributed by atoms with van der Waals surface area (Å²) in [5.41, 5.74) is 1.95. The van der Waals surface area contributed by atoms with Crippen molar-refractivity contribution in [2.24, 2.45) is 0 Å². The molecule has 3 aromatic rings. The van der Waals surface area contributed by atoms with Gasteiger partial charge < -0.3 is 4.74 Å². The summed E-state index contributed by atoms with van der Waals surface area (Å²) >= 11 is 0. The lowest BCUT2D eigenvalue weighted by molar-refractivity contribution is 0.415. The predicted octanol–water partition coefficient (Wildman–Crippen LogP) is 1.62. The van der Waals surface area contributed by atoms with Crippen molar-refractivity contribution in [1.82, 2.24) is 19.7 Å². The maximum Gasteiger partial charge on any atom is 0.209 e. The van der Waals surface area contributed by atoms with E-state index in [1.165, 1.54) is 16.8 Å². The molecule has 0 aliphatic rings. The molecule has 2 aromatic carbocycles. The zero-order valence-corrected chi connectivity index (χ0v) is 13.8. The number of methoxy groups -OCH3 is 1. The fourth-order valence-corrected chi connectivity index (χ4v) is 2.68. The number of benzene rings is 2. The minimum Gasteiger partial charge on any atom is -0.497 e. The largest absolute Gasteiger partial charge is 0.497 e. The summed E-state index contributed by atoms with van der Waals surface area (Å²) in [6.07, 6.45) is 1.05. The van der Waals surface area contributed by atoms with Crippen LogP contribution >= 0.6 is 0 Å². The van der Waals surface area contributed by atoms with Crippen LogP contribution < -0.4 is 9.46 Å². The first-order chi connectivity index (χ1) is 11.4. The Hall–Kier alpha value is -2.52. The molecule has 0 radical (unpaired) electrons. The zero-order chi connectivity index (χ0) is 17.3. The first-order valence-corrected chi connectivity index (χ1v) is 8.89. The maximum absolute atomic E-state index is 14.4. The first-order valence-electron chi connectivity index (χ1n) is 7.00. The lowest BCUT2D eigenvalue weighted by Crippen LogP contribution is -2.21. The number of nitrogens with zero attached hydrogens (tertiary/aromatic N) is 3.